The molecule has 0 unspecified atom stereocenters. The number of hydrogen-bond acceptors (Lipinski definition) is 17. The largest absolute Gasteiger partial charge is 0.454 e. The number of fused-ring (bicyclic) bond motifs is 1. The summed E-state index contributed by atoms with van der Waals surface area (Å²) >= 11 is 0.301. The molecule has 0 bridgehead atoms. The molecular formula is C25H39N7O10S. The Bertz CT molecular complexity index is 1240. The maximum Gasteiger partial charge on any atom is 0.323 e. The number of rotatable bonds is 14. The minimum absolute atomic E-state index is 0.199. The van der Waals surface area contributed by atoms with Crippen LogP contribution >= 0.6 is 12.3 Å². The molecule has 0 radical (unpaired) electrons. The quantitative estimate of drug-likeness (QED) is 0.0639. The Morgan fingerprint density at radius 2 is 1.77 bits per heavy atom. The number of aromatic nitrogens is 4. The van der Waals surface area contributed by atoms with E-state index in [0.29, 0.717) is 35.7 Å². The van der Waals surface area contributed by atoms with Gasteiger partial charge in [0.2, 0.25) is 0 Å². The molecule has 1 aliphatic carbocycles. The number of aliphatic hydroxyl groups excluding tert-OH is 1. The lowest BCUT2D eigenvalue weighted by molar-refractivity contribution is -0.434. The van der Waals surface area contributed by atoms with Crippen molar-refractivity contribution >= 4 is 41.2 Å². The molecular weight excluding hydrogens is 590 g/mol. The molecule has 0 amide bonds. The van der Waals surface area contributed by atoms with E-state index in [2.05, 4.69) is 29.6 Å². The zero-order valence-corrected chi connectivity index (χ0v) is 25.1. The zero-order chi connectivity index (χ0) is 31.3. The van der Waals surface area contributed by atoms with Gasteiger partial charge in [0.15, 0.2) is 47.7 Å². The van der Waals surface area contributed by atoms with E-state index in [1.807, 2.05) is 0 Å². The summed E-state index contributed by atoms with van der Waals surface area (Å²) in [4.78, 5) is 39.3. The molecule has 8 atom stereocenters. The molecule has 0 aromatic carbocycles. The second-order valence-electron chi connectivity index (χ2n) is 11.2. The van der Waals surface area contributed by atoms with Crippen LogP contribution in [0.15, 0.2) is 12.7 Å². The number of nitrogens with zero attached hydrogens (tertiary/aromatic N) is 4. The average Bonchev–Trinajstić information content (AvgIpc) is 3.68. The Morgan fingerprint density at radius 3 is 2.37 bits per heavy atom. The van der Waals surface area contributed by atoms with Gasteiger partial charge in [-0.3, -0.25) is 18.3 Å². The van der Waals surface area contributed by atoms with Crippen LogP contribution in [0.5, 0.6) is 0 Å². The standard InChI is InChI=1S/C25H39N7O10S/c1-11(2)16(26)24(34)39-19-15(8-37-43-42-41-36)38-23(20(19)40-25(35)17(27)12(3)4)32-10-30-18-21(28-9-29-22(18)32)31-13-6-5-7-14(13)33/h9-17,19-20,23,33,36H,5-8,26-27H2,1-4H3,(H,28,29,31)/t13-,14-,15-,16+,17+,19-,20-,23-/m1/s1. The van der Waals surface area contributed by atoms with Crippen LogP contribution in [-0.4, -0.2) is 91.0 Å². The van der Waals surface area contributed by atoms with E-state index < -0.39 is 54.7 Å². The van der Waals surface area contributed by atoms with Gasteiger partial charge >= 0.3 is 11.9 Å². The number of anilines is 1. The monoisotopic (exact) mass is 629 g/mol. The van der Waals surface area contributed by atoms with Crippen molar-refractivity contribution in [1.29, 1.82) is 0 Å². The summed E-state index contributed by atoms with van der Waals surface area (Å²) in [6, 6.07) is -2.15. The van der Waals surface area contributed by atoms with Crippen molar-refractivity contribution in [3.63, 3.8) is 0 Å². The van der Waals surface area contributed by atoms with Gasteiger partial charge < -0.3 is 36.1 Å². The molecule has 7 N–H and O–H groups in total. The normalized spacial score (nSPS) is 27.1. The van der Waals surface area contributed by atoms with Crippen molar-refractivity contribution in [3.05, 3.63) is 12.7 Å². The minimum Gasteiger partial charge on any atom is -0.454 e. The average molecular weight is 630 g/mol. The van der Waals surface area contributed by atoms with Gasteiger partial charge in [-0.2, -0.15) is 0 Å². The number of carbonyl (C=O) groups is 2. The fourth-order valence-electron chi connectivity index (χ4n) is 4.86. The first-order valence-corrected chi connectivity index (χ1v) is 14.7. The zero-order valence-electron chi connectivity index (χ0n) is 24.3. The first-order chi connectivity index (χ1) is 20.5. The van der Waals surface area contributed by atoms with Crippen molar-refractivity contribution in [3.8, 4) is 0 Å². The number of ether oxygens (including phenoxy) is 3. The second-order valence-corrected chi connectivity index (χ2v) is 11.7. The van der Waals surface area contributed by atoms with Crippen molar-refractivity contribution in [2.24, 2.45) is 23.3 Å². The lowest BCUT2D eigenvalue weighted by Crippen LogP contribution is -2.48. The van der Waals surface area contributed by atoms with Gasteiger partial charge in [-0.1, -0.05) is 32.7 Å². The van der Waals surface area contributed by atoms with Crippen molar-refractivity contribution in [2.75, 3.05) is 11.9 Å². The van der Waals surface area contributed by atoms with Gasteiger partial charge in [0.1, 0.15) is 24.5 Å². The third kappa shape index (κ3) is 7.70. The Hall–Kier alpha value is -2.68. The fraction of sp³-hybridized carbons (Fsp3) is 0.720. The van der Waals surface area contributed by atoms with E-state index in [1.54, 1.807) is 27.7 Å². The van der Waals surface area contributed by atoms with Crippen LogP contribution in [0.1, 0.15) is 53.2 Å². The Morgan fingerprint density at radius 1 is 1.09 bits per heavy atom. The summed E-state index contributed by atoms with van der Waals surface area (Å²) in [7, 11) is 0. The lowest BCUT2D eigenvalue weighted by atomic mass is 10.0. The van der Waals surface area contributed by atoms with E-state index in [0.717, 1.165) is 12.8 Å². The molecule has 2 aromatic rings. The number of imidazole rings is 1. The lowest BCUT2D eigenvalue weighted by Gasteiger charge is -2.27. The van der Waals surface area contributed by atoms with Gasteiger partial charge in [-0.05, 0) is 31.1 Å². The number of aliphatic hydroxyl groups is 1. The summed E-state index contributed by atoms with van der Waals surface area (Å²) in [5, 5.41) is 25.5. The SMILES string of the molecule is CC(C)[C@H](N)C(=O)O[C@@H]1[C@H](OC(=O)[C@@H](N)C(C)C)[C@@H](COSOOO)O[C@H]1n1cnc2c(N[C@@H]3CCC[C@H]3O)ncnc21. The molecule has 1 saturated heterocycles. The Balaban J connectivity index is 1.70. The first-order valence-electron chi connectivity index (χ1n) is 14.0. The molecule has 240 valence electrons. The number of nitrogens with one attached hydrogen (secondary N) is 1. The smallest absolute Gasteiger partial charge is 0.323 e. The second kappa shape index (κ2) is 14.9. The predicted molar refractivity (Wildman–Crippen MR) is 150 cm³/mol. The highest BCUT2D eigenvalue weighted by atomic mass is 32.2. The summed E-state index contributed by atoms with van der Waals surface area (Å²) < 4.78 is 29.0. The van der Waals surface area contributed by atoms with Crippen LogP contribution < -0.4 is 16.8 Å². The topological polar surface area (TPSA) is 238 Å². The molecule has 1 aliphatic heterocycles. The van der Waals surface area contributed by atoms with Gasteiger partial charge in [-0.25, -0.2) is 20.2 Å². The number of hydrogen-bond donors (Lipinski definition) is 5. The number of carbonyl (C=O) groups excluding carboxylic acids is 2. The van der Waals surface area contributed by atoms with Crippen molar-refractivity contribution in [1.82, 2.24) is 19.5 Å². The van der Waals surface area contributed by atoms with Crippen LogP contribution in [0.25, 0.3) is 11.2 Å². The maximum atomic E-state index is 13.1. The predicted octanol–water partition coefficient (Wildman–Crippen LogP) is 0.840. The van der Waals surface area contributed by atoms with Crippen molar-refractivity contribution < 1.29 is 47.7 Å². The van der Waals surface area contributed by atoms with Crippen LogP contribution in [0, 0.1) is 11.8 Å². The molecule has 18 heteroatoms. The van der Waals surface area contributed by atoms with Gasteiger partial charge in [-0.15, -0.1) is 4.33 Å². The molecule has 1 saturated carbocycles. The molecule has 43 heavy (non-hydrogen) atoms. The number of nitrogens with two attached hydrogens (primary N) is 2. The molecule has 2 aliphatic rings. The molecule has 3 heterocycles. The highest BCUT2D eigenvalue weighted by Gasteiger charge is 2.52. The van der Waals surface area contributed by atoms with Crippen LogP contribution in [-0.2, 0) is 37.4 Å². The van der Waals surface area contributed by atoms with E-state index in [-0.39, 0.29) is 24.5 Å². The first kappa shape index (κ1) is 33.2. The summed E-state index contributed by atoms with van der Waals surface area (Å²) in [6.45, 7) is 6.78. The van der Waals surface area contributed by atoms with Crippen LogP contribution in [0.4, 0.5) is 5.82 Å². The highest BCUT2D eigenvalue weighted by Crippen LogP contribution is 2.37. The Kier molecular flexibility index (Phi) is 11.5. The molecule has 2 aromatic heterocycles. The van der Waals surface area contributed by atoms with Gasteiger partial charge in [0.05, 0.1) is 25.1 Å². The Labute approximate surface area is 252 Å². The highest BCUT2D eigenvalue weighted by molar-refractivity contribution is 7.89. The minimum atomic E-state index is -1.24. The summed E-state index contributed by atoms with van der Waals surface area (Å²) in [5.74, 6) is -1.58. The number of esters is 2. The van der Waals surface area contributed by atoms with Crippen LogP contribution in [0.2, 0.25) is 0 Å². The van der Waals surface area contributed by atoms with E-state index in [4.69, 9.17) is 35.1 Å². The van der Waals surface area contributed by atoms with E-state index in [9.17, 15) is 14.7 Å². The maximum absolute atomic E-state index is 13.1. The summed E-state index contributed by atoms with van der Waals surface area (Å²) in [6.07, 6.45) is -0.0341. The van der Waals surface area contributed by atoms with Crippen LogP contribution in [0.3, 0.4) is 0 Å². The third-order valence-electron chi connectivity index (χ3n) is 7.54. The third-order valence-corrected chi connectivity index (χ3v) is 7.89. The van der Waals surface area contributed by atoms with E-state index >= 15 is 0 Å². The van der Waals surface area contributed by atoms with Gasteiger partial charge in [0.25, 0.3) is 0 Å². The van der Waals surface area contributed by atoms with Gasteiger partial charge in [0, 0.05) is 0 Å². The molecule has 4 rings (SSSR count). The fourth-order valence-corrected chi connectivity index (χ4v) is 5.11. The molecule has 17 nitrogen and oxygen atoms in total. The van der Waals surface area contributed by atoms with Crippen molar-refractivity contribution in [2.45, 2.75) is 95.7 Å². The molecule has 2 fully saturated rings. The summed E-state index contributed by atoms with van der Waals surface area (Å²) in [5.41, 5.74) is 12.8. The molecule has 0 spiro atoms. The van der Waals surface area contributed by atoms with E-state index in [1.165, 1.54) is 17.2 Å².